The predicted molar refractivity (Wildman–Crippen MR) is 312 cm³/mol. The maximum atomic E-state index is 16.0. The van der Waals surface area contributed by atoms with Crippen molar-refractivity contribution in [3.63, 3.8) is 0 Å². The predicted octanol–water partition coefficient (Wildman–Crippen LogP) is 8.35. The normalized spacial score (nSPS) is 19.5. The first-order valence-electron chi connectivity index (χ1n) is 28.4. The molecule has 6 aliphatic rings. The molecule has 4 aromatic carbocycles. The first kappa shape index (κ1) is 54.8. The van der Waals surface area contributed by atoms with Gasteiger partial charge in [0, 0.05) is 147 Å². The molecular weight excluding hydrogens is 1050 g/mol. The van der Waals surface area contributed by atoms with E-state index in [1.54, 1.807) is 25.3 Å². The number of amides is 2. The molecule has 15 nitrogen and oxygen atoms in total. The van der Waals surface area contributed by atoms with Crippen LogP contribution in [0.4, 0.5) is 36.2 Å². The molecule has 424 valence electrons. The number of likely N-dealkylation sites (tertiary alicyclic amines) is 2. The summed E-state index contributed by atoms with van der Waals surface area (Å²) in [6, 6.07) is 24.1. The minimum Gasteiger partial charge on any atom is -0.383 e. The summed E-state index contributed by atoms with van der Waals surface area (Å²) in [5.41, 5.74) is 23.4. The lowest BCUT2D eigenvalue weighted by Crippen LogP contribution is -2.43. The van der Waals surface area contributed by atoms with E-state index in [2.05, 4.69) is 52.3 Å². The quantitative estimate of drug-likeness (QED) is 0.0766. The number of nitrogens with zero attached hydrogens (tertiary/aromatic N) is 6. The SMILES string of the molecule is COC1CCN(Cc2cc(-c3cc(-c4ccc5c(c4)CCNC5=O)c(N)nc3F)ccc2N2CCSC(COC3CCN(Cc4cc(-c5cc(-c6cc7c(cc6F)C(=O)NCC7)c(N)nc5F)ccc4N4CCOCC4)CC3)C2)CC1. The Balaban J connectivity index is 0.728. The van der Waals surface area contributed by atoms with Gasteiger partial charge in [-0.05, 0) is 132 Å². The lowest BCUT2D eigenvalue weighted by molar-refractivity contribution is 0.00702. The van der Waals surface area contributed by atoms with Crippen molar-refractivity contribution in [1.29, 1.82) is 0 Å². The maximum Gasteiger partial charge on any atom is 0.251 e. The Kier molecular flexibility index (Phi) is 16.2. The molecule has 2 aromatic heterocycles. The molecule has 2 amide bonds. The summed E-state index contributed by atoms with van der Waals surface area (Å²) in [5.74, 6) is -1.49. The zero-order valence-corrected chi connectivity index (χ0v) is 46.5. The van der Waals surface area contributed by atoms with Gasteiger partial charge in [0.05, 0.1) is 32.0 Å². The lowest BCUT2D eigenvalue weighted by atomic mass is 9.93. The van der Waals surface area contributed by atoms with Crippen molar-refractivity contribution in [2.75, 3.05) is 119 Å². The highest BCUT2D eigenvalue weighted by molar-refractivity contribution is 8.00. The summed E-state index contributed by atoms with van der Waals surface area (Å²) in [5, 5.41) is 5.90. The zero-order valence-electron chi connectivity index (χ0n) is 45.7. The van der Waals surface area contributed by atoms with E-state index in [-0.39, 0.29) is 63.2 Å². The first-order valence-corrected chi connectivity index (χ1v) is 29.5. The number of methoxy groups -OCH3 is 1. The molecule has 4 fully saturated rings. The van der Waals surface area contributed by atoms with Crippen LogP contribution in [0.15, 0.2) is 78.9 Å². The van der Waals surface area contributed by atoms with Gasteiger partial charge in [0.2, 0.25) is 11.9 Å². The molecule has 4 saturated heterocycles. The number of anilines is 4. The second kappa shape index (κ2) is 24.0. The van der Waals surface area contributed by atoms with Crippen LogP contribution in [0, 0.1) is 17.7 Å². The zero-order chi connectivity index (χ0) is 55.7. The number of piperidine rings is 2. The second-order valence-corrected chi connectivity index (χ2v) is 23.5. The largest absolute Gasteiger partial charge is 0.383 e. The van der Waals surface area contributed by atoms with Gasteiger partial charge in [-0.2, -0.15) is 20.5 Å². The van der Waals surface area contributed by atoms with Gasteiger partial charge in [0.1, 0.15) is 17.5 Å². The van der Waals surface area contributed by atoms with Gasteiger partial charge in [0.25, 0.3) is 11.8 Å². The summed E-state index contributed by atoms with van der Waals surface area (Å²) in [7, 11) is 1.78. The number of thioether (sulfide) groups is 1. The van der Waals surface area contributed by atoms with E-state index >= 15 is 13.2 Å². The van der Waals surface area contributed by atoms with E-state index in [0.29, 0.717) is 86.7 Å². The smallest absolute Gasteiger partial charge is 0.251 e. The molecule has 8 heterocycles. The van der Waals surface area contributed by atoms with E-state index in [4.69, 9.17) is 25.7 Å². The summed E-state index contributed by atoms with van der Waals surface area (Å²) < 4.78 is 65.9. The molecule has 81 heavy (non-hydrogen) atoms. The number of nitrogens with two attached hydrogens (primary N) is 2. The minimum atomic E-state index is -0.743. The van der Waals surface area contributed by atoms with Crippen LogP contribution in [0.25, 0.3) is 44.5 Å². The number of halogens is 3. The van der Waals surface area contributed by atoms with Crippen molar-refractivity contribution in [2.45, 2.75) is 69.1 Å². The average Bonchev–Trinajstić information content (AvgIpc) is 3.49. The number of nitrogen functional groups attached to an aromatic ring is 2. The monoisotopic (exact) mass is 1120 g/mol. The minimum absolute atomic E-state index is 0.0960. The number of pyridine rings is 2. The van der Waals surface area contributed by atoms with Gasteiger partial charge < -0.3 is 46.1 Å². The number of aromatic nitrogens is 2. The van der Waals surface area contributed by atoms with E-state index < -0.39 is 17.7 Å². The van der Waals surface area contributed by atoms with Gasteiger partial charge in [-0.1, -0.05) is 24.3 Å². The number of ether oxygens (including phenoxy) is 3. The highest BCUT2D eigenvalue weighted by atomic mass is 32.2. The topological polar surface area (TPSA) is 177 Å². The number of hydrogen-bond acceptors (Lipinski definition) is 14. The summed E-state index contributed by atoms with van der Waals surface area (Å²) in [6.45, 7) is 10.8. The number of morpholine rings is 1. The van der Waals surface area contributed by atoms with Crippen LogP contribution in [0.5, 0.6) is 0 Å². The molecule has 0 spiro atoms. The van der Waals surface area contributed by atoms with Crippen molar-refractivity contribution in [3.8, 4) is 44.5 Å². The number of hydrogen-bond donors (Lipinski definition) is 4. The third-order valence-corrected chi connectivity index (χ3v) is 18.3. The van der Waals surface area contributed by atoms with Crippen LogP contribution in [0.1, 0.15) is 68.7 Å². The van der Waals surface area contributed by atoms with Gasteiger partial charge in [-0.3, -0.25) is 19.4 Å². The van der Waals surface area contributed by atoms with Gasteiger partial charge in [-0.15, -0.1) is 0 Å². The Morgan fingerprint density at radius 1 is 0.605 bits per heavy atom. The molecule has 6 aliphatic heterocycles. The molecule has 19 heteroatoms. The third kappa shape index (κ3) is 11.8. The average molecular weight is 1120 g/mol. The van der Waals surface area contributed by atoms with Gasteiger partial charge >= 0.3 is 0 Å². The van der Waals surface area contributed by atoms with Crippen molar-refractivity contribution >= 4 is 46.6 Å². The number of benzene rings is 4. The Labute approximate surface area is 474 Å². The molecule has 6 N–H and O–H groups in total. The van der Waals surface area contributed by atoms with Crippen LogP contribution in [0.2, 0.25) is 0 Å². The van der Waals surface area contributed by atoms with Crippen molar-refractivity contribution in [3.05, 3.63) is 130 Å². The van der Waals surface area contributed by atoms with Crippen molar-refractivity contribution in [2.24, 2.45) is 0 Å². The van der Waals surface area contributed by atoms with E-state index in [1.807, 2.05) is 54.2 Å². The Morgan fingerprint density at radius 3 is 1.80 bits per heavy atom. The Hall–Kier alpha value is -6.74. The number of nitrogens with one attached hydrogen (secondary N) is 2. The highest BCUT2D eigenvalue weighted by Crippen LogP contribution is 2.40. The van der Waals surface area contributed by atoms with E-state index in [0.717, 1.165) is 123 Å². The van der Waals surface area contributed by atoms with Crippen LogP contribution in [-0.2, 0) is 40.1 Å². The van der Waals surface area contributed by atoms with Gasteiger partial charge in [0.15, 0.2) is 0 Å². The molecule has 12 rings (SSSR count). The summed E-state index contributed by atoms with van der Waals surface area (Å²) in [4.78, 5) is 43.0. The van der Waals surface area contributed by atoms with Gasteiger partial charge in [-0.25, -0.2) is 14.4 Å². The second-order valence-electron chi connectivity index (χ2n) is 22.1. The molecule has 0 aliphatic carbocycles. The van der Waals surface area contributed by atoms with Crippen LogP contribution < -0.4 is 31.9 Å². The summed E-state index contributed by atoms with van der Waals surface area (Å²) in [6.07, 6.45) is 5.23. The highest BCUT2D eigenvalue weighted by Gasteiger charge is 2.30. The van der Waals surface area contributed by atoms with Crippen molar-refractivity contribution in [1.82, 2.24) is 30.4 Å². The molecule has 6 aromatic rings. The molecular formula is C62H69F3N10O5S. The number of carbonyl (C=O) groups is 2. The standard InChI is InChI=1S/C62H69F3N10O5S/c1-78-44-10-16-72(17-11-44)34-43-28-37(48-30-50(59(66)70-57(48)64)39-2-5-47-40(26-39)8-14-68-61(47)76)4-7-56(43)75-22-25-81-46(35-75)36-80-45-12-18-73(19-13-45)33-42-27-38(3-6-55(42)74-20-23-79-24-21-74)49-31-53(60(67)71-58(49)65)52-29-41-9-15-69-62(77)51(41)32-54(52)63/h2-7,26-32,44-46H,8-25,33-36H2,1H3,(H2,66,70)(H2,67,71)(H,68,76)(H,69,77). The number of carbonyl (C=O) groups excluding carboxylic acids is 2. The third-order valence-electron chi connectivity index (χ3n) is 17.1. The molecule has 1 atom stereocenters. The van der Waals surface area contributed by atoms with E-state index in [9.17, 15) is 9.59 Å². The van der Waals surface area contributed by atoms with Crippen LogP contribution in [0.3, 0.4) is 0 Å². The Bertz CT molecular complexity index is 3350. The Morgan fingerprint density at radius 2 is 1.16 bits per heavy atom. The van der Waals surface area contributed by atoms with Crippen LogP contribution in [-0.4, -0.2) is 147 Å². The van der Waals surface area contributed by atoms with Crippen LogP contribution >= 0.6 is 11.8 Å². The molecule has 0 bridgehead atoms. The van der Waals surface area contributed by atoms with Crippen molar-refractivity contribution < 1.29 is 37.0 Å². The first-order chi connectivity index (χ1) is 39.4. The lowest BCUT2D eigenvalue weighted by Gasteiger charge is -2.38. The maximum absolute atomic E-state index is 16.0. The molecule has 0 saturated carbocycles. The number of fused-ring (bicyclic) bond motifs is 2. The van der Waals surface area contributed by atoms with E-state index in [1.165, 1.54) is 6.07 Å². The fraction of sp³-hybridized carbons (Fsp3) is 0.419. The fourth-order valence-corrected chi connectivity index (χ4v) is 13.7. The molecule has 0 radical (unpaired) electrons. The molecule has 1 unspecified atom stereocenters. The fourth-order valence-electron chi connectivity index (χ4n) is 12.6. The summed E-state index contributed by atoms with van der Waals surface area (Å²) >= 11 is 1.95. The number of rotatable bonds is 14.